The normalized spacial score (nSPS) is 12.0. The minimum absolute atomic E-state index is 0.122. The highest BCUT2D eigenvalue weighted by atomic mass is 16.3. The van der Waals surface area contributed by atoms with Crippen LogP contribution in [-0.2, 0) is 13.0 Å². The van der Waals surface area contributed by atoms with E-state index in [1.807, 2.05) is 19.1 Å². The van der Waals surface area contributed by atoms with Crippen LogP contribution in [0.5, 0.6) is 0 Å². The SMILES string of the molecule is C=NC=C(C)C=CCc1cnc(CO)nc1. The molecule has 0 saturated heterocycles. The molecule has 0 spiro atoms. The van der Waals surface area contributed by atoms with Gasteiger partial charge in [0.15, 0.2) is 5.82 Å². The third-order valence-corrected chi connectivity index (χ3v) is 1.93. The highest BCUT2D eigenvalue weighted by Crippen LogP contribution is 2.01. The van der Waals surface area contributed by atoms with Crippen molar-refractivity contribution in [3.8, 4) is 0 Å². The lowest BCUT2D eigenvalue weighted by Gasteiger charge is -1.97. The maximum atomic E-state index is 8.77. The van der Waals surface area contributed by atoms with E-state index in [0.717, 1.165) is 17.6 Å². The second-order valence-corrected chi connectivity index (χ2v) is 3.33. The standard InChI is InChI=1S/C12H15N3O/c1-10(6-13-2)4-3-5-11-7-14-12(9-16)15-8-11/h3-4,6-8,16H,2,5,9H2,1H3. The van der Waals surface area contributed by atoms with E-state index < -0.39 is 0 Å². The molecular formula is C12H15N3O. The van der Waals surface area contributed by atoms with Crippen LogP contribution < -0.4 is 0 Å². The van der Waals surface area contributed by atoms with Gasteiger partial charge in [-0.15, -0.1) is 0 Å². The summed E-state index contributed by atoms with van der Waals surface area (Å²) in [5, 5.41) is 8.77. The molecule has 0 bridgehead atoms. The lowest BCUT2D eigenvalue weighted by Crippen LogP contribution is -1.95. The fourth-order valence-corrected chi connectivity index (χ4v) is 1.14. The van der Waals surface area contributed by atoms with Gasteiger partial charge in [0.1, 0.15) is 6.61 Å². The van der Waals surface area contributed by atoms with E-state index in [4.69, 9.17) is 5.11 Å². The Hall–Kier alpha value is -1.81. The van der Waals surface area contributed by atoms with Crippen molar-refractivity contribution < 1.29 is 5.11 Å². The van der Waals surface area contributed by atoms with E-state index >= 15 is 0 Å². The smallest absolute Gasteiger partial charge is 0.153 e. The molecule has 0 fully saturated rings. The van der Waals surface area contributed by atoms with Crippen LogP contribution in [0.1, 0.15) is 18.3 Å². The van der Waals surface area contributed by atoms with Gasteiger partial charge >= 0.3 is 0 Å². The summed E-state index contributed by atoms with van der Waals surface area (Å²) in [6.07, 6.45) is 9.86. The molecule has 0 aliphatic heterocycles. The van der Waals surface area contributed by atoms with Gasteiger partial charge in [0.25, 0.3) is 0 Å². The van der Waals surface area contributed by atoms with E-state index in [1.54, 1.807) is 18.6 Å². The van der Waals surface area contributed by atoms with Crippen LogP contribution in [-0.4, -0.2) is 21.8 Å². The van der Waals surface area contributed by atoms with Gasteiger partial charge in [-0.25, -0.2) is 9.97 Å². The molecule has 0 saturated carbocycles. The molecule has 0 atom stereocenters. The van der Waals surface area contributed by atoms with E-state index in [1.165, 1.54) is 0 Å². The molecule has 0 amide bonds. The lowest BCUT2D eigenvalue weighted by molar-refractivity contribution is 0.271. The average Bonchev–Trinajstić information content (AvgIpc) is 2.30. The molecule has 16 heavy (non-hydrogen) atoms. The summed E-state index contributed by atoms with van der Waals surface area (Å²) < 4.78 is 0. The number of aliphatic imine (C=N–C) groups is 1. The Morgan fingerprint density at radius 2 is 2.19 bits per heavy atom. The van der Waals surface area contributed by atoms with Crippen LogP contribution in [0.2, 0.25) is 0 Å². The highest BCUT2D eigenvalue weighted by Gasteiger charge is 1.94. The Balaban J connectivity index is 2.54. The van der Waals surface area contributed by atoms with E-state index in [-0.39, 0.29) is 6.61 Å². The number of hydrogen-bond donors (Lipinski definition) is 1. The van der Waals surface area contributed by atoms with Crippen LogP contribution in [0, 0.1) is 0 Å². The Morgan fingerprint density at radius 3 is 2.75 bits per heavy atom. The van der Waals surface area contributed by atoms with Gasteiger partial charge in [-0.2, -0.15) is 0 Å². The van der Waals surface area contributed by atoms with Crippen LogP contribution in [0.4, 0.5) is 0 Å². The van der Waals surface area contributed by atoms with Crippen LogP contribution in [0.15, 0.2) is 41.3 Å². The largest absolute Gasteiger partial charge is 0.388 e. The first-order chi connectivity index (χ1) is 7.76. The lowest BCUT2D eigenvalue weighted by atomic mass is 10.2. The summed E-state index contributed by atoms with van der Waals surface area (Å²) in [6.45, 7) is 5.21. The minimum atomic E-state index is -0.122. The van der Waals surface area contributed by atoms with Crippen molar-refractivity contribution >= 4 is 6.72 Å². The third-order valence-electron chi connectivity index (χ3n) is 1.93. The average molecular weight is 217 g/mol. The van der Waals surface area contributed by atoms with Gasteiger partial charge in [-0.1, -0.05) is 12.2 Å². The summed E-state index contributed by atoms with van der Waals surface area (Å²) in [5.74, 6) is 0.444. The molecule has 0 aromatic carbocycles. The summed E-state index contributed by atoms with van der Waals surface area (Å²) in [6, 6.07) is 0. The topological polar surface area (TPSA) is 58.4 Å². The Labute approximate surface area is 95.1 Å². The predicted octanol–water partition coefficient (Wildman–Crippen LogP) is 1.67. The monoisotopic (exact) mass is 217 g/mol. The summed E-state index contributed by atoms with van der Waals surface area (Å²) in [5.41, 5.74) is 2.05. The highest BCUT2D eigenvalue weighted by molar-refractivity contribution is 5.28. The molecule has 1 aromatic heterocycles. The molecule has 84 valence electrons. The minimum Gasteiger partial charge on any atom is -0.388 e. The Morgan fingerprint density at radius 1 is 1.50 bits per heavy atom. The van der Waals surface area contributed by atoms with Gasteiger partial charge in [0.05, 0.1) is 0 Å². The second-order valence-electron chi connectivity index (χ2n) is 3.33. The molecule has 1 N–H and O–H groups in total. The van der Waals surface area contributed by atoms with Crippen molar-refractivity contribution in [3.63, 3.8) is 0 Å². The van der Waals surface area contributed by atoms with Crippen LogP contribution >= 0.6 is 0 Å². The first kappa shape index (κ1) is 12.3. The molecule has 1 heterocycles. The maximum absolute atomic E-state index is 8.77. The van der Waals surface area contributed by atoms with Crippen molar-refractivity contribution in [1.29, 1.82) is 0 Å². The molecule has 1 aromatic rings. The van der Waals surface area contributed by atoms with Gasteiger partial charge in [0, 0.05) is 18.6 Å². The van der Waals surface area contributed by atoms with E-state index in [2.05, 4.69) is 21.7 Å². The Bertz CT molecular complexity index is 393. The summed E-state index contributed by atoms with van der Waals surface area (Å²) in [7, 11) is 0. The third kappa shape index (κ3) is 4.14. The molecule has 0 aliphatic rings. The van der Waals surface area contributed by atoms with Gasteiger partial charge in [-0.05, 0) is 31.2 Å². The first-order valence-corrected chi connectivity index (χ1v) is 4.96. The molecule has 1 rings (SSSR count). The van der Waals surface area contributed by atoms with E-state index in [9.17, 15) is 0 Å². The number of nitrogens with zero attached hydrogens (tertiary/aromatic N) is 3. The van der Waals surface area contributed by atoms with Crippen molar-refractivity contribution in [3.05, 3.63) is 47.7 Å². The fourth-order valence-electron chi connectivity index (χ4n) is 1.14. The molecule has 0 aliphatic carbocycles. The maximum Gasteiger partial charge on any atom is 0.153 e. The predicted molar refractivity (Wildman–Crippen MR) is 64.1 cm³/mol. The number of aliphatic hydroxyl groups is 1. The molecule has 0 radical (unpaired) electrons. The summed E-state index contributed by atoms with van der Waals surface area (Å²) >= 11 is 0. The quantitative estimate of drug-likeness (QED) is 0.603. The zero-order valence-corrected chi connectivity index (χ0v) is 9.30. The first-order valence-electron chi connectivity index (χ1n) is 4.96. The molecular weight excluding hydrogens is 202 g/mol. The molecule has 4 heteroatoms. The fraction of sp³-hybridized carbons (Fsp3) is 0.250. The van der Waals surface area contributed by atoms with Crippen molar-refractivity contribution in [2.45, 2.75) is 20.0 Å². The van der Waals surface area contributed by atoms with Crippen LogP contribution in [0.25, 0.3) is 0 Å². The van der Waals surface area contributed by atoms with E-state index in [0.29, 0.717) is 5.82 Å². The number of hydrogen-bond acceptors (Lipinski definition) is 4. The van der Waals surface area contributed by atoms with Crippen LogP contribution in [0.3, 0.4) is 0 Å². The van der Waals surface area contributed by atoms with Crippen molar-refractivity contribution in [2.24, 2.45) is 4.99 Å². The molecule has 0 unspecified atom stereocenters. The van der Waals surface area contributed by atoms with Gasteiger partial charge in [0.2, 0.25) is 0 Å². The number of rotatable bonds is 5. The molecule has 4 nitrogen and oxygen atoms in total. The Kier molecular flexibility index (Phi) is 5.08. The van der Waals surface area contributed by atoms with Crippen molar-refractivity contribution in [1.82, 2.24) is 9.97 Å². The summed E-state index contributed by atoms with van der Waals surface area (Å²) in [4.78, 5) is 11.7. The van der Waals surface area contributed by atoms with Crippen molar-refractivity contribution in [2.75, 3.05) is 0 Å². The number of aliphatic hydroxyl groups excluding tert-OH is 1. The second kappa shape index (κ2) is 6.63. The zero-order chi connectivity index (χ0) is 11.8. The number of allylic oxidation sites excluding steroid dienone is 3. The van der Waals surface area contributed by atoms with Gasteiger partial charge < -0.3 is 5.11 Å². The van der Waals surface area contributed by atoms with Gasteiger partial charge in [-0.3, -0.25) is 4.99 Å². The zero-order valence-electron chi connectivity index (χ0n) is 9.30. The number of aromatic nitrogens is 2.